The Kier molecular flexibility index (Phi) is 3.48. The molecule has 0 unspecified atom stereocenters. The van der Waals surface area contributed by atoms with Crippen LogP contribution in [-0.2, 0) is 0 Å². The van der Waals surface area contributed by atoms with Gasteiger partial charge >= 0.3 is 5.97 Å². The molecule has 18 heavy (non-hydrogen) atoms. The summed E-state index contributed by atoms with van der Waals surface area (Å²) >= 11 is 4.16. The van der Waals surface area contributed by atoms with E-state index in [4.69, 9.17) is 5.11 Å². The van der Waals surface area contributed by atoms with Crippen LogP contribution in [0.2, 0.25) is 0 Å². The van der Waals surface area contributed by atoms with Crippen molar-refractivity contribution in [1.82, 2.24) is 9.36 Å². The maximum absolute atomic E-state index is 11.8. The lowest BCUT2D eigenvalue weighted by atomic mass is 10.2. The summed E-state index contributed by atoms with van der Waals surface area (Å²) in [4.78, 5) is 25.6. The zero-order valence-corrected chi connectivity index (χ0v) is 11.6. The summed E-state index contributed by atoms with van der Waals surface area (Å²) in [6, 6.07) is 1.60. The van der Waals surface area contributed by atoms with Crippen LogP contribution < -0.4 is 5.32 Å². The van der Waals surface area contributed by atoms with Gasteiger partial charge in [-0.1, -0.05) is 0 Å². The molecule has 2 aromatic heterocycles. The van der Waals surface area contributed by atoms with Gasteiger partial charge in [0.2, 0.25) is 0 Å². The summed E-state index contributed by atoms with van der Waals surface area (Å²) in [7, 11) is 0. The Hall–Kier alpha value is -1.67. The van der Waals surface area contributed by atoms with Crippen molar-refractivity contribution in [2.75, 3.05) is 5.32 Å². The van der Waals surface area contributed by atoms with Crippen molar-refractivity contribution in [1.29, 1.82) is 0 Å². The lowest BCUT2D eigenvalue weighted by molar-refractivity contribution is 0.0697. The number of aromatic nitrogens is 2. The van der Waals surface area contributed by atoms with Gasteiger partial charge in [-0.2, -0.15) is 4.37 Å². The molecular formula is C10H8BrN3O3S. The third-order valence-electron chi connectivity index (χ3n) is 2.20. The van der Waals surface area contributed by atoms with Crippen LogP contribution in [0.3, 0.4) is 0 Å². The van der Waals surface area contributed by atoms with Crippen molar-refractivity contribution in [3.8, 4) is 0 Å². The van der Waals surface area contributed by atoms with Crippen LogP contribution in [0.25, 0.3) is 0 Å². The second kappa shape index (κ2) is 4.91. The van der Waals surface area contributed by atoms with E-state index in [1.54, 1.807) is 19.2 Å². The van der Waals surface area contributed by atoms with Gasteiger partial charge in [0.15, 0.2) is 0 Å². The van der Waals surface area contributed by atoms with E-state index in [2.05, 4.69) is 30.6 Å². The summed E-state index contributed by atoms with van der Waals surface area (Å²) in [6.07, 6.45) is 1.62. The summed E-state index contributed by atoms with van der Waals surface area (Å²) in [5.74, 6) is -1.52. The molecule has 0 saturated heterocycles. The number of aromatic amines is 1. The zero-order chi connectivity index (χ0) is 13.3. The second-order valence-corrected chi connectivity index (χ2v) is 5.15. The van der Waals surface area contributed by atoms with Gasteiger partial charge in [0, 0.05) is 10.7 Å². The van der Waals surface area contributed by atoms with E-state index >= 15 is 0 Å². The number of nitrogens with zero attached hydrogens (tertiary/aromatic N) is 1. The Labute approximate surface area is 114 Å². The number of halogens is 1. The molecule has 0 fully saturated rings. The van der Waals surface area contributed by atoms with Crippen LogP contribution in [0.15, 0.2) is 16.7 Å². The first-order valence-electron chi connectivity index (χ1n) is 4.84. The number of carboxylic acid groups (broad SMARTS) is 1. The average Bonchev–Trinajstić information content (AvgIpc) is 2.85. The van der Waals surface area contributed by atoms with Gasteiger partial charge in [0.25, 0.3) is 5.91 Å². The number of H-pyrrole nitrogens is 1. The molecule has 94 valence electrons. The molecule has 8 heteroatoms. The summed E-state index contributed by atoms with van der Waals surface area (Å²) in [5, 5.41) is 11.8. The van der Waals surface area contributed by atoms with Crippen molar-refractivity contribution < 1.29 is 14.7 Å². The molecule has 0 aliphatic rings. The monoisotopic (exact) mass is 329 g/mol. The SMILES string of the molecule is Cc1nsc(NC(=O)c2cc(Br)c[nH]2)c1C(=O)O. The Bertz CT molecular complexity index is 620. The third kappa shape index (κ3) is 2.44. The fourth-order valence-corrected chi connectivity index (χ4v) is 2.50. The molecule has 2 aromatic rings. The molecule has 0 aliphatic heterocycles. The fraction of sp³-hybridized carbons (Fsp3) is 0.100. The molecule has 0 aromatic carbocycles. The van der Waals surface area contributed by atoms with Crippen molar-refractivity contribution >= 4 is 44.3 Å². The highest BCUT2D eigenvalue weighted by molar-refractivity contribution is 9.10. The number of carboxylic acids is 1. The number of aromatic carboxylic acids is 1. The standard InChI is InChI=1S/C10H8BrN3O3S/c1-4-7(10(16)17)9(18-14-4)13-8(15)6-2-5(11)3-12-6/h2-3,12H,1H3,(H,13,15)(H,16,17). The van der Waals surface area contributed by atoms with Gasteiger partial charge in [-0.25, -0.2) is 4.79 Å². The third-order valence-corrected chi connectivity index (χ3v) is 3.51. The number of rotatable bonds is 3. The minimum atomic E-state index is -1.11. The van der Waals surface area contributed by atoms with Crippen LogP contribution >= 0.6 is 27.5 Å². The van der Waals surface area contributed by atoms with Crippen LogP contribution in [0.4, 0.5) is 5.00 Å². The van der Waals surface area contributed by atoms with Crippen LogP contribution in [0.5, 0.6) is 0 Å². The molecule has 0 aliphatic carbocycles. The van der Waals surface area contributed by atoms with Crippen molar-refractivity contribution in [2.24, 2.45) is 0 Å². The molecule has 0 radical (unpaired) electrons. The first kappa shape index (κ1) is 12.8. The van der Waals surface area contributed by atoms with Crippen molar-refractivity contribution in [2.45, 2.75) is 6.92 Å². The predicted octanol–water partition coefficient (Wildman–Crippen LogP) is 2.49. The van der Waals surface area contributed by atoms with E-state index in [1.807, 2.05) is 0 Å². The highest BCUT2D eigenvalue weighted by Gasteiger charge is 2.20. The minimum absolute atomic E-state index is 0.0268. The summed E-state index contributed by atoms with van der Waals surface area (Å²) < 4.78 is 4.66. The van der Waals surface area contributed by atoms with E-state index in [1.165, 1.54) is 0 Å². The van der Waals surface area contributed by atoms with Crippen LogP contribution in [0.1, 0.15) is 26.5 Å². The summed E-state index contributed by atoms with van der Waals surface area (Å²) in [5.41, 5.74) is 0.749. The molecule has 1 amide bonds. The second-order valence-electron chi connectivity index (χ2n) is 3.46. The largest absolute Gasteiger partial charge is 0.478 e. The number of hydrogen-bond donors (Lipinski definition) is 3. The highest BCUT2D eigenvalue weighted by Crippen LogP contribution is 2.25. The number of carbonyl (C=O) groups excluding carboxylic acids is 1. The van der Waals surface area contributed by atoms with E-state index < -0.39 is 11.9 Å². The van der Waals surface area contributed by atoms with Crippen LogP contribution in [0, 0.1) is 6.92 Å². The molecule has 0 saturated carbocycles. The minimum Gasteiger partial charge on any atom is -0.478 e. The lowest BCUT2D eigenvalue weighted by Crippen LogP contribution is -2.13. The fourth-order valence-electron chi connectivity index (χ4n) is 1.38. The van der Waals surface area contributed by atoms with E-state index in [0.717, 1.165) is 16.0 Å². The Morgan fingerprint density at radius 3 is 2.83 bits per heavy atom. The van der Waals surface area contributed by atoms with E-state index in [-0.39, 0.29) is 10.6 Å². The zero-order valence-electron chi connectivity index (χ0n) is 9.15. The van der Waals surface area contributed by atoms with Gasteiger partial charge in [-0.3, -0.25) is 4.79 Å². The van der Waals surface area contributed by atoms with E-state index in [0.29, 0.717) is 11.4 Å². The Morgan fingerprint density at radius 2 is 2.28 bits per heavy atom. The molecule has 3 N–H and O–H groups in total. The smallest absolute Gasteiger partial charge is 0.340 e. The van der Waals surface area contributed by atoms with Crippen LogP contribution in [-0.4, -0.2) is 26.3 Å². The first-order chi connectivity index (χ1) is 8.49. The molecule has 2 rings (SSSR count). The topological polar surface area (TPSA) is 95.1 Å². The van der Waals surface area contributed by atoms with E-state index in [9.17, 15) is 9.59 Å². The van der Waals surface area contributed by atoms with Gasteiger partial charge in [-0.05, 0) is 40.5 Å². The van der Waals surface area contributed by atoms with Gasteiger partial charge in [-0.15, -0.1) is 0 Å². The van der Waals surface area contributed by atoms with Gasteiger partial charge < -0.3 is 15.4 Å². The lowest BCUT2D eigenvalue weighted by Gasteiger charge is -2.01. The number of aryl methyl sites for hydroxylation is 1. The molecular weight excluding hydrogens is 322 g/mol. The Morgan fingerprint density at radius 1 is 1.56 bits per heavy atom. The number of amides is 1. The first-order valence-corrected chi connectivity index (χ1v) is 6.40. The Balaban J connectivity index is 2.25. The molecule has 2 heterocycles. The number of hydrogen-bond acceptors (Lipinski definition) is 4. The van der Waals surface area contributed by atoms with Gasteiger partial charge in [0.05, 0.1) is 5.69 Å². The number of carbonyl (C=O) groups is 2. The van der Waals surface area contributed by atoms with Crippen molar-refractivity contribution in [3.63, 3.8) is 0 Å². The normalized spacial score (nSPS) is 10.3. The maximum Gasteiger partial charge on any atom is 0.340 e. The number of anilines is 1. The van der Waals surface area contributed by atoms with Crippen molar-refractivity contribution in [3.05, 3.63) is 33.7 Å². The quantitative estimate of drug-likeness (QED) is 0.806. The molecule has 0 bridgehead atoms. The predicted molar refractivity (Wildman–Crippen MR) is 70.3 cm³/mol. The highest BCUT2D eigenvalue weighted by atomic mass is 79.9. The molecule has 6 nitrogen and oxygen atoms in total. The number of nitrogens with one attached hydrogen (secondary N) is 2. The molecule has 0 atom stereocenters. The molecule has 0 spiro atoms. The van der Waals surface area contributed by atoms with Gasteiger partial charge in [0.1, 0.15) is 16.3 Å². The average molecular weight is 330 g/mol. The summed E-state index contributed by atoms with van der Waals surface area (Å²) in [6.45, 7) is 1.58. The maximum atomic E-state index is 11.8.